The highest BCUT2D eigenvalue weighted by molar-refractivity contribution is 4.77. The molecule has 1 rings (SSSR count). The Morgan fingerprint density at radius 2 is 1.82 bits per heavy atom. The molecule has 102 valence electrons. The molecule has 1 saturated heterocycles. The molecular formula is C12H25NO4. The van der Waals surface area contributed by atoms with Crippen molar-refractivity contribution in [3.63, 3.8) is 0 Å². The van der Waals surface area contributed by atoms with Crippen molar-refractivity contribution in [2.24, 2.45) is 0 Å². The van der Waals surface area contributed by atoms with Crippen molar-refractivity contribution in [2.75, 3.05) is 59.8 Å². The molecule has 0 aromatic heterocycles. The van der Waals surface area contributed by atoms with Crippen LogP contribution in [0.15, 0.2) is 0 Å². The molecule has 1 heterocycles. The zero-order valence-electron chi connectivity index (χ0n) is 10.8. The van der Waals surface area contributed by atoms with E-state index in [0.717, 1.165) is 19.5 Å². The fraction of sp³-hybridized carbons (Fsp3) is 1.00. The topological polar surface area (TPSA) is 51.2 Å². The van der Waals surface area contributed by atoms with Gasteiger partial charge in [-0.3, -0.25) is 4.90 Å². The second kappa shape index (κ2) is 9.79. The molecule has 5 nitrogen and oxygen atoms in total. The van der Waals surface area contributed by atoms with E-state index in [1.54, 1.807) is 7.11 Å². The van der Waals surface area contributed by atoms with E-state index in [0.29, 0.717) is 39.1 Å². The summed E-state index contributed by atoms with van der Waals surface area (Å²) in [6, 6.07) is 0.344. The summed E-state index contributed by atoms with van der Waals surface area (Å²) in [6.45, 7) is 5.46. The third-order valence-electron chi connectivity index (χ3n) is 3.04. The highest BCUT2D eigenvalue weighted by Gasteiger charge is 2.22. The van der Waals surface area contributed by atoms with Crippen LogP contribution in [0.4, 0.5) is 0 Å². The van der Waals surface area contributed by atoms with Gasteiger partial charge in [0.2, 0.25) is 0 Å². The fourth-order valence-corrected chi connectivity index (χ4v) is 2.04. The van der Waals surface area contributed by atoms with Crippen molar-refractivity contribution in [1.29, 1.82) is 0 Å². The summed E-state index contributed by atoms with van der Waals surface area (Å²) >= 11 is 0. The lowest BCUT2D eigenvalue weighted by Crippen LogP contribution is -2.35. The average molecular weight is 247 g/mol. The maximum Gasteiger partial charge on any atom is 0.0701 e. The molecule has 0 aliphatic carbocycles. The maximum absolute atomic E-state index is 9.15. The third kappa shape index (κ3) is 6.33. The first kappa shape index (κ1) is 14.9. The Labute approximate surface area is 104 Å². The van der Waals surface area contributed by atoms with E-state index in [1.165, 1.54) is 6.42 Å². The lowest BCUT2D eigenvalue weighted by molar-refractivity contribution is 0.0171. The summed E-state index contributed by atoms with van der Waals surface area (Å²) < 4.78 is 15.6. The fourth-order valence-electron chi connectivity index (χ4n) is 2.04. The summed E-state index contributed by atoms with van der Waals surface area (Å²) in [6.07, 6.45) is 2.29. The molecule has 0 aromatic rings. The van der Waals surface area contributed by atoms with Gasteiger partial charge in [-0.25, -0.2) is 0 Å². The number of aliphatic hydroxyl groups is 1. The van der Waals surface area contributed by atoms with E-state index in [1.807, 2.05) is 0 Å². The lowest BCUT2D eigenvalue weighted by Gasteiger charge is -2.22. The van der Waals surface area contributed by atoms with Gasteiger partial charge >= 0.3 is 0 Å². The zero-order valence-corrected chi connectivity index (χ0v) is 10.8. The molecule has 0 aromatic carbocycles. The molecule has 1 fully saturated rings. The predicted molar refractivity (Wildman–Crippen MR) is 65.2 cm³/mol. The van der Waals surface area contributed by atoms with Crippen LogP contribution < -0.4 is 0 Å². The molecule has 0 spiro atoms. The molecule has 0 unspecified atom stereocenters. The molecule has 5 heteroatoms. The first-order chi connectivity index (χ1) is 8.38. The summed E-state index contributed by atoms with van der Waals surface area (Å²) in [5, 5.41) is 9.15. The Hall–Kier alpha value is -0.200. The highest BCUT2D eigenvalue weighted by Crippen LogP contribution is 2.15. The van der Waals surface area contributed by atoms with E-state index in [2.05, 4.69) is 4.90 Å². The van der Waals surface area contributed by atoms with Gasteiger partial charge in [0.05, 0.1) is 39.6 Å². The maximum atomic E-state index is 9.15. The number of hydrogen-bond acceptors (Lipinski definition) is 5. The van der Waals surface area contributed by atoms with E-state index in [9.17, 15) is 0 Å². The number of likely N-dealkylation sites (tertiary alicyclic amines) is 1. The number of aliphatic hydroxyl groups excluding tert-OH is 1. The summed E-state index contributed by atoms with van der Waals surface area (Å²) in [5.41, 5.74) is 0. The van der Waals surface area contributed by atoms with Crippen molar-refractivity contribution in [3.05, 3.63) is 0 Å². The van der Waals surface area contributed by atoms with Crippen LogP contribution in [0, 0.1) is 0 Å². The molecule has 0 amide bonds. The average Bonchev–Trinajstić information content (AvgIpc) is 2.80. The van der Waals surface area contributed by atoms with Crippen molar-refractivity contribution in [1.82, 2.24) is 4.90 Å². The summed E-state index contributed by atoms with van der Waals surface area (Å²) in [4.78, 5) is 2.30. The van der Waals surface area contributed by atoms with Crippen molar-refractivity contribution >= 4 is 0 Å². The second-order valence-corrected chi connectivity index (χ2v) is 4.23. The molecule has 1 aliphatic heterocycles. The van der Waals surface area contributed by atoms with Gasteiger partial charge in [-0.15, -0.1) is 0 Å². The van der Waals surface area contributed by atoms with Crippen molar-refractivity contribution in [3.8, 4) is 0 Å². The molecule has 0 radical (unpaired) electrons. The van der Waals surface area contributed by atoms with E-state index in [-0.39, 0.29) is 6.61 Å². The largest absolute Gasteiger partial charge is 0.395 e. The van der Waals surface area contributed by atoms with Gasteiger partial charge in [-0.05, 0) is 19.4 Å². The highest BCUT2D eigenvalue weighted by atomic mass is 16.5. The number of hydrogen-bond donors (Lipinski definition) is 1. The molecular weight excluding hydrogens is 222 g/mol. The lowest BCUT2D eigenvalue weighted by atomic mass is 10.2. The van der Waals surface area contributed by atoms with Gasteiger partial charge in [0, 0.05) is 19.7 Å². The standard InChI is InChI=1S/C12H25NO4/c1-15-7-8-17-10-9-16-6-5-13-4-2-3-12(13)11-14/h12,14H,2-11H2,1H3/t12-/m1/s1. The van der Waals surface area contributed by atoms with Gasteiger partial charge in [0.25, 0.3) is 0 Å². The van der Waals surface area contributed by atoms with Gasteiger partial charge in [-0.2, -0.15) is 0 Å². The zero-order chi connectivity index (χ0) is 12.3. The molecule has 0 saturated carbocycles. The number of methoxy groups -OCH3 is 1. The minimum Gasteiger partial charge on any atom is -0.395 e. The van der Waals surface area contributed by atoms with Gasteiger partial charge in [0.1, 0.15) is 0 Å². The van der Waals surface area contributed by atoms with E-state index in [4.69, 9.17) is 19.3 Å². The normalized spacial score (nSPS) is 21.2. The monoisotopic (exact) mass is 247 g/mol. The van der Waals surface area contributed by atoms with Gasteiger partial charge in [-0.1, -0.05) is 0 Å². The van der Waals surface area contributed by atoms with Gasteiger partial charge < -0.3 is 19.3 Å². The second-order valence-electron chi connectivity index (χ2n) is 4.23. The van der Waals surface area contributed by atoms with Crippen LogP contribution in [0.3, 0.4) is 0 Å². The predicted octanol–water partition coefficient (Wildman–Crippen LogP) is 0.123. The van der Waals surface area contributed by atoms with Crippen LogP contribution in [0.25, 0.3) is 0 Å². The van der Waals surface area contributed by atoms with Crippen LogP contribution in [0.5, 0.6) is 0 Å². The first-order valence-corrected chi connectivity index (χ1v) is 6.38. The van der Waals surface area contributed by atoms with Crippen molar-refractivity contribution < 1.29 is 19.3 Å². The smallest absolute Gasteiger partial charge is 0.0701 e. The Bertz CT molecular complexity index is 180. The SMILES string of the molecule is COCCOCCOCCN1CCC[C@@H]1CO. The minimum atomic E-state index is 0.264. The Balaban J connectivity index is 1.87. The van der Waals surface area contributed by atoms with E-state index < -0.39 is 0 Å². The molecule has 1 aliphatic rings. The Kier molecular flexibility index (Phi) is 8.56. The Morgan fingerprint density at radius 1 is 1.12 bits per heavy atom. The summed E-state index contributed by atoms with van der Waals surface area (Å²) in [7, 11) is 1.66. The quantitative estimate of drug-likeness (QED) is 0.556. The molecule has 17 heavy (non-hydrogen) atoms. The number of rotatable bonds is 10. The first-order valence-electron chi connectivity index (χ1n) is 6.38. The third-order valence-corrected chi connectivity index (χ3v) is 3.04. The molecule has 1 N–H and O–H groups in total. The Morgan fingerprint density at radius 3 is 2.53 bits per heavy atom. The number of ether oxygens (including phenoxy) is 3. The molecule has 1 atom stereocenters. The van der Waals surface area contributed by atoms with Crippen molar-refractivity contribution in [2.45, 2.75) is 18.9 Å². The van der Waals surface area contributed by atoms with Gasteiger partial charge in [0.15, 0.2) is 0 Å². The summed E-state index contributed by atoms with van der Waals surface area (Å²) in [5.74, 6) is 0. The van der Waals surface area contributed by atoms with Crippen LogP contribution in [0.2, 0.25) is 0 Å². The van der Waals surface area contributed by atoms with Crippen LogP contribution >= 0.6 is 0 Å². The minimum absolute atomic E-state index is 0.264. The van der Waals surface area contributed by atoms with Crippen LogP contribution in [0.1, 0.15) is 12.8 Å². The van der Waals surface area contributed by atoms with E-state index >= 15 is 0 Å². The number of nitrogens with zero attached hydrogens (tertiary/aromatic N) is 1. The molecule has 0 bridgehead atoms. The van der Waals surface area contributed by atoms with Crippen LogP contribution in [-0.2, 0) is 14.2 Å². The van der Waals surface area contributed by atoms with Crippen LogP contribution in [-0.4, -0.2) is 75.9 Å².